The van der Waals surface area contributed by atoms with E-state index in [4.69, 9.17) is 4.74 Å². The minimum absolute atomic E-state index is 0.106. The Balaban J connectivity index is 2.02. The first-order valence-corrected chi connectivity index (χ1v) is 5.87. The van der Waals surface area contributed by atoms with Crippen LogP contribution < -0.4 is 5.32 Å². The molecule has 2 N–H and O–H groups in total. The molecule has 17 heavy (non-hydrogen) atoms. The van der Waals surface area contributed by atoms with Gasteiger partial charge in [-0.2, -0.15) is 0 Å². The second kappa shape index (κ2) is 5.29. The van der Waals surface area contributed by atoms with Gasteiger partial charge in [0.25, 0.3) is 5.91 Å². The topological polar surface area (TPSA) is 58.6 Å². The lowest BCUT2D eigenvalue weighted by atomic mass is 10.1. The highest BCUT2D eigenvalue weighted by molar-refractivity contribution is 5.94. The van der Waals surface area contributed by atoms with E-state index in [0.717, 1.165) is 18.4 Å². The summed E-state index contributed by atoms with van der Waals surface area (Å²) in [4.78, 5) is 11.8. The first kappa shape index (κ1) is 12.1. The van der Waals surface area contributed by atoms with Crippen molar-refractivity contribution in [2.75, 3.05) is 11.9 Å². The number of benzene rings is 1. The Morgan fingerprint density at radius 1 is 1.59 bits per heavy atom. The van der Waals surface area contributed by atoms with Crippen molar-refractivity contribution in [1.29, 1.82) is 0 Å². The maximum absolute atomic E-state index is 11.8. The Labute approximate surface area is 101 Å². The fourth-order valence-corrected chi connectivity index (χ4v) is 1.88. The molecule has 1 fully saturated rings. The number of carbonyl (C=O) groups excluding carboxylic acids is 1. The van der Waals surface area contributed by atoms with Gasteiger partial charge in [-0.1, -0.05) is 12.1 Å². The number of hydrogen-bond acceptors (Lipinski definition) is 3. The molecule has 2 rings (SSSR count). The molecule has 1 heterocycles. The van der Waals surface area contributed by atoms with E-state index in [0.29, 0.717) is 12.3 Å². The van der Waals surface area contributed by atoms with E-state index < -0.39 is 6.10 Å². The quantitative estimate of drug-likeness (QED) is 0.840. The average molecular weight is 235 g/mol. The summed E-state index contributed by atoms with van der Waals surface area (Å²) in [6.07, 6.45) is 0.855. The lowest BCUT2D eigenvalue weighted by Gasteiger charge is -2.12. The molecule has 0 aromatic heterocycles. The molecule has 0 aliphatic carbocycles. The van der Waals surface area contributed by atoms with Gasteiger partial charge in [-0.15, -0.1) is 0 Å². The zero-order valence-electron chi connectivity index (χ0n) is 9.85. The lowest BCUT2D eigenvalue weighted by molar-refractivity contribution is -0.124. The molecule has 0 bridgehead atoms. The molecule has 1 aliphatic rings. The van der Waals surface area contributed by atoms with Gasteiger partial charge in [0, 0.05) is 12.3 Å². The molecule has 2 atom stereocenters. The number of carbonyl (C=O) groups is 1. The Hall–Kier alpha value is -1.39. The van der Waals surface area contributed by atoms with E-state index in [1.165, 1.54) is 0 Å². The van der Waals surface area contributed by atoms with Gasteiger partial charge in [-0.25, -0.2) is 0 Å². The van der Waals surface area contributed by atoms with Crippen LogP contribution in [0.1, 0.15) is 31.4 Å². The molecule has 4 heteroatoms. The number of ether oxygens (including phenoxy) is 1. The number of hydrogen-bond donors (Lipinski definition) is 2. The first-order chi connectivity index (χ1) is 8.16. The van der Waals surface area contributed by atoms with Gasteiger partial charge < -0.3 is 15.2 Å². The molecule has 92 valence electrons. The van der Waals surface area contributed by atoms with Crippen molar-refractivity contribution in [1.82, 2.24) is 0 Å². The minimum Gasteiger partial charge on any atom is -0.389 e. The monoisotopic (exact) mass is 235 g/mol. The maximum atomic E-state index is 11.8. The molecule has 0 spiro atoms. The van der Waals surface area contributed by atoms with Crippen molar-refractivity contribution in [3.05, 3.63) is 29.8 Å². The van der Waals surface area contributed by atoms with Crippen molar-refractivity contribution in [2.45, 2.75) is 32.0 Å². The van der Waals surface area contributed by atoms with Crippen LogP contribution in [0.4, 0.5) is 5.69 Å². The second-order valence-electron chi connectivity index (χ2n) is 4.29. The van der Waals surface area contributed by atoms with Gasteiger partial charge in [0.2, 0.25) is 0 Å². The van der Waals surface area contributed by atoms with Crippen molar-refractivity contribution in [3.8, 4) is 0 Å². The van der Waals surface area contributed by atoms with E-state index in [2.05, 4.69) is 5.32 Å². The summed E-state index contributed by atoms with van der Waals surface area (Å²) in [5, 5.41) is 12.3. The van der Waals surface area contributed by atoms with E-state index in [9.17, 15) is 9.90 Å². The van der Waals surface area contributed by atoms with Gasteiger partial charge in [-0.3, -0.25) is 4.79 Å². The number of rotatable bonds is 3. The number of anilines is 1. The largest absolute Gasteiger partial charge is 0.389 e. The maximum Gasteiger partial charge on any atom is 0.253 e. The Morgan fingerprint density at radius 3 is 3.06 bits per heavy atom. The highest BCUT2D eigenvalue weighted by atomic mass is 16.5. The highest BCUT2D eigenvalue weighted by Crippen LogP contribution is 2.19. The van der Waals surface area contributed by atoms with Crippen LogP contribution >= 0.6 is 0 Å². The smallest absolute Gasteiger partial charge is 0.253 e. The molecule has 0 radical (unpaired) electrons. The normalized spacial score (nSPS) is 21.2. The van der Waals surface area contributed by atoms with Crippen LogP contribution in [0.3, 0.4) is 0 Å². The fraction of sp³-hybridized carbons (Fsp3) is 0.462. The Bertz CT molecular complexity index is 397. The van der Waals surface area contributed by atoms with Crippen LogP contribution in [0.15, 0.2) is 24.3 Å². The van der Waals surface area contributed by atoms with Crippen molar-refractivity contribution in [3.63, 3.8) is 0 Å². The molecule has 0 saturated carbocycles. The highest BCUT2D eigenvalue weighted by Gasteiger charge is 2.23. The van der Waals surface area contributed by atoms with Crippen LogP contribution in [0.5, 0.6) is 0 Å². The van der Waals surface area contributed by atoms with Crippen LogP contribution in [-0.2, 0) is 9.53 Å². The zero-order chi connectivity index (χ0) is 12.3. The molecule has 1 aromatic carbocycles. The summed E-state index contributed by atoms with van der Waals surface area (Å²) < 4.78 is 5.30. The standard InChI is InChI=1S/C13H17NO3/c1-9(15)10-4-2-5-11(8-10)14-13(16)12-6-3-7-17-12/h2,4-5,8-9,12,15H,3,6-7H2,1H3,(H,14,16)/t9-,12+/m0/s1. The summed E-state index contributed by atoms with van der Waals surface area (Å²) >= 11 is 0. The SMILES string of the molecule is C[C@H](O)c1cccc(NC(=O)[C@H]2CCCO2)c1. The first-order valence-electron chi connectivity index (χ1n) is 5.87. The third-order valence-electron chi connectivity index (χ3n) is 2.86. The molecule has 0 unspecified atom stereocenters. The number of aliphatic hydroxyl groups excluding tert-OH is 1. The summed E-state index contributed by atoms with van der Waals surface area (Å²) in [6, 6.07) is 7.22. The van der Waals surface area contributed by atoms with Gasteiger partial charge in [0.05, 0.1) is 6.10 Å². The predicted octanol–water partition coefficient (Wildman–Crippen LogP) is 1.86. The molecule has 1 aliphatic heterocycles. The lowest BCUT2D eigenvalue weighted by Crippen LogP contribution is -2.26. The minimum atomic E-state index is -0.533. The predicted molar refractivity (Wildman–Crippen MR) is 64.7 cm³/mol. The van der Waals surface area contributed by atoms with Crippen LogP contribution in [0.2, 0.25) is 0 Å². The number of aliphatic hydroxyl groups is 1. The summed E-state index contributed by atoms with van der Waals surface area (Å²) in [5.74, 6) is -0.106. The van der Waals surface area contributed by atoms with Gasteiger partial charge in [0.15, 0.2) is 0 Å². The molecule has 1 saturated heterocycles. The number of amides is 1. The van der Waals surface area contributed by atoms with E-state index in [-0.39, 0.29) is 12.0 Å². The molecule has 4 nitrogen and oxygen atoms in total. The van der Waals surface area contributed by atoms with Gasteiger partial charge in [-0.05, 0) is 37.5 Å². The Kier molecular flexibility index (Phi) is 3.76. The number of nitrogens with one attached hydrogen (secondary N) is 1. The van der Waals surface area contributed by atoms with Crippen LogP contribution in [0, 0.1) is 0 Å². The van der Waals surface area contributed by atoms with Crippen LogP contribution in [0.25, 0.3) is 0 Å². The average Bonchev–Trinajstić information content (AvgIpc) is 2.82. The molecule has 1 amide bonds. The second-order valence-corrected chi connectivity index (χ2v) is 4.29. The fourth-order valence-electron chi connectivity index (χ4n) is 1.88. The van der Waals surface area contributed by atoms with E-state index in [1.54, 1.807) is 19.1 Å². The summed E-state index contributed by atoms with van der Waals surface area (Å²) in [5.41, 5.74) is 1.49. The summed E-state index contributed by atoms with van der Waals surface area (Å²) in [6.45, 7) is 2.35. The summed E-state index contributed by atoms with van der Waals surface area (Å²) in [7, 11) is 0. The van der Waals surface area contributed by atoms with Crippen LogP contribution in [-0.4, -0.2) is 23.7 Å². The van der Waals surface area contributed by atoms with Gasteiger partial charge >= 0.3 is 0 Å². The Morgan fingerprint density at radius 2 is 2.41 bits per heavy atom. The molecular weight excluding hydrogens is 218 g/mol. The third-order valence-corrected chi connectivity index (χ3v) is 2.86. The van der Waals surface area contributed by atoms with Crippen molar-refractivity contribution < 1.29 is 14.6 Å². The third kappa shape index (κ3) is 3.05. The van der Waals surface area contributed by atoms with Gasteiger partial charge in [0.1, 0.15) is 6.10 Å². The molecule has 1 aromatic rings. The molecular formula is C13H17NO3. The van der Waals surface area contributed by atoms with Crippen molar-refractivity contribution in [2.24, 2.45) is 0 Å². The van der Waals surface area contributed by atoms with Crippen molar-refractivity contribution >= 4 is 11.6 Å². The van der Waals surface area contributed by atoms with E-state index >= 15 is 0 Å². The zero-order valence-corrected chi connectivity index (χ0v) is 9.85. The van der Waals surface area contributed by atoms with E-state index in [1.807, 2.05) is 12.1 Å².